The molecule has 0 saturated carbocycles. The van der Waals surface area contributed by atoms with Crippen molar-refractivity contribution >= 4 is 30.5 Å². The van der Waals surface area contributed by atoms with E-state index in [4.69, 9.17) is 10.5 Å². The van der Waals surface area contributed by atoms with E-state index < -0.39 is 0 Å². The second kappa shape index (κ2) is 6.94. The Morgan fingerprint density at radius 1 is 1.12 bits per heavy atom. The van der Waals surface area contributed by atoms with Gasteiger partial charge in [0, 0.05) is 5.69 Å². The van der Waals surface area contributed by atoms with Crippen LogP contribution in [0.25, 0.3) is 0 Å². The highest BCUT2D eigenvalue weighted by Crippen LogP contribution is 2.26. The minimum atomic E-state index is -0.0264. The quantitative estimate of drug-likeness (QED) is 0.818. The molecule has 1 aromatic rings. The van der Waals surface area contributed by atoms with Crippen LogP contribution in [0, 0.1) is 0 Å². The van der Waals surface area contributed by atoms with Crippen molar-refractivity contribution in [1.29, 1.82) is 0 Å². The summed E-state index contributed by atoms with van der Waals surface area (Å²) in [5.41, 5.74) is 6.38. The Morgan fingerprint density at radius 2 is 1.65 bits per heavy atom. The first kappa shape index (κ1) is 16.4. The number of benzene rings is 1. The van der Waals surface area contributed by atoms with Crippen LogP contribution in [0.5, 0.6) is 5.75 Å². The lowest BCUT2D eigenvalue weighted by atomic mass is 9.94. The third-order valence-corrected chi connectivity index (χ3v) is 2.91. The standard InChI is InChI=1S/C12H18N2O.2ClH/c1-12(6-8-14-9-7-12)15-11-4-2-10(13)3-5-11;;/h2-5,14H,6-9,13H2,1H3;2*1H. The van der Waals surface area contributed by atoms with Gasteiger partial charge < -0.3 is 15.8 Å². The Kier molecular flexibility index (Phi) is 6.68. The topological polar surface area (TPSA) is 47.3 Å². The molecule has 0 atom stereocenters. The molecule has 0 radical (unpaired) electrons. The Bertz CT molecular complexity index is 324. The van der Waals surface area contributed by atoms with Crippen LogP contribution in [0.15, 0.2) is 24.3 Å². The van der Waals surface area contributed by atoms with Crippen LogP contribution in [0.4, 0.5) is 5.69 Å². The lowest BCUT2D eigenvalue weighted by Gasteiger charge is -2.34. The van der Waals surface area contributed by atoms with E-state index in [2.05, 4.69) is 12.2 Å². The maximum atomic E-state index is 6.00. The predicted molar refractivity (Wildman–Crippen MR) is 76.5 cm³/mol. The molecule has 0 bridgehead atoms. The van der Waals surface area contributed by atoms with Gasteiger partial charge in [0.2, 0.25) is 0 Å². The monoisotopic (exact) mass is 278 g/mol. The second-order valence-corrected chi connectivity index (χ2v) is 4.37. The van der Waals surface area contributed by atoms with Crippen molar-refractivity contribution in [2.45, 2.75) is 25.4 Å². The molecule has 1 aliphatic heterocycles. The third-order valence-electron chi connectivity index (χ3n) is 2.91. The summed E-state index contributed by atoms with van der Waals surface area (Å²) in [6.07, 6.45) is 2.11. The fourth-order valence-corrected chi connectivity index (χ4v) is 1.88. The molecular weight excluding hydrogens is 259 g/mol. The van der Waals surface area contributed by atoms with Crippen LogP contribution in [0.3, 0.4) is 0 Å². The predicted octanol–water partition coefficient (Wildman–Crippen LogP) is 2.63. The van der Waals surface area contributed by atoms with Crippen LogP contribution in [0.1, 0.15) is 19.8 Å². The first-order valence-electron chi connectivity index (χ1n) is 5.43. The van der Waals surface area contributed by atoms with Gasteiger partial charge in [-0.3, -0.25) is 0 Å². The van der Waals surface area contributed by atoms with Gasteiger partial charge in [-0.1, -0.05) is 0 Å². The number of nitrogens with one attached hydrogen (secondary N) is 1. The van der Waals surface area contributed by atoms with Crippen molar-refractivity contribution in [1.82, 2.24) is 5.32 Å². The first-order chi connectivity index (χ1) is 7.18. The van der Waals surface area contributed by atoms with Gasteiger partial charge in [-0.05, 0) is 57.1 Å². The SMILES string of the molecule is CC1(Oc2ccc(N)cc2)CCNCC1.Cl.Cl. The van der Waals surface area contributed by atoms with E-state index >= 15 is 0 Å². The van der Waals surface area contributed by atoms with Crippen molar-refractivity contribution in [3.8, 4) is 5.75 Å². The molecule has 0 spiro atoms. The summed E-state index contributed by atoms with van der Waals surface area (Å²) in [5, 5.41) is 3.33. The zero-order chi connectivity index (χ0) is 10.7. The van der Waals surface area contributed by atoms with Crippen molar-refractivity contribution in [3.63, 3.8) is 0 Å². The molecule has 17 heavy (non-hydrogen) atoms. The number of ether oxygens (including phenoxy) is 1. The maximum Gasteiger partial charge on any atom is 0.120 e. The van der Waals surface area contributed by atoms with E-state index in [1.165, 1.54) is 0 Å². The Balaban J connectivity index is 0.00000128. The van der Waals surface area contributed by atoms with Crippen molar-refractivity contribution in [2.75, 3.05) is 18.8 Å². The molecule has 3 nitrogen and oxygen atoms in total. The number of rotatable bonds is 2. The summed E-state index contributed by atoms with van der Waals surface area (Å²) in [6.45, 7) is 4.24. The molecule has 1 aliphatic rings. The third kappa shape index (κ3) is 4.62. The van der Waals surface area contributed by atoms with Gasteiger partial charge in [-0.15, -0.1) is 24.8 Å². The smallest absolute Gasteiger partial charge is 0.120 e. The highest BCUT2D eigenvalue weighted by atomic mass is 35.5. The number of nitrogens with two attached hydrogens (primary N) is 1. The van der Waals surface area contributed by atoms with Crippen LogP contribution in [0.2, 0.25) is 0 Å². The van der Waals surface area contributed by atoms with Gasteiger partial charge >= 0.3 is 0 Å². The number of hydrogen-bond donors (Lipinski definition) is 2. The molecule has 0 aliphatic carbocycles. The van der Waals surface area contributed by atoms with Crippen molar-refractivity contribution in [2.24, 2.45) is 0 Å². The van der Waals surface area contributed by atoms with Gasteiger partial charge in [-0.2, -0.15) is 0 Å². The van der Waals surface area contributed by atoms with Crippen LogP contribution < -0.4 is 15.8 Å². The fourth-order valence-electron chi connectivity index (χ4n) is 1.88. The Hall–Kier alpha value is -0.640. The summed E-state index contributed by atoms with van der Waals surface area (Å²) in [5.74, 6) is 0.911. The highest BCUT2D eigenvalue weighted by Gasteiger charge is 2.28. The summed E-state index contributed by atoms with van der Waals surface area (Å²) in [7, 11) is 0. The van der Waals surface area contributed by atoms with Gasteiger partial charge in [0.25, 0.3) is 0 Å². The van der Waals surface area contributed by atoms with Crippen LogP contribution >= 0.6 is 24.8 Å². The largest absolute Gasteiger partial charge is 0.487 e. The molecule has 0 unspecified atom stereocenters. The average Bonchev–Trinajstić information content (AvgIpc) is 2.22. The van der Waals surface area contributed by atoms with E-state index in [9.17, 15) is 0 Å². The molecular formula is C12H20Cl2N2O. The molecule has 5 heteroatoms. The average molecular weight is 279 g/mol. The van der Waals surface area contributed by atoms with E-state index in [0.717, 1.165) is 37.4 Å². The Labute approximate surface area is 115 Å². The summed E-state index contributed by atoms with van der Waals surface area (Å²) in [4.78, 5) is 0. The molecule has 0 amide bonds. The number of halogens is 2. The maximum absolute atomic E-state index is 6.00. The lowest BCUT2D eigenvalue weighted by molar-refractivity contribution is 0.0556. The number of anilines is 1. The first-order valence-corrected chi connectivity index (χ1v) is 5.43. The second-order valence-electron chi connectivity index (χ2n) is 4.37. The fraction of sp³-hybridized carbons (Fsp3) is 0.500. The van der Waals surface area contributed by atoms with E-state index in [-0.39, 0.29) is 30.4 Å². The minimum Gasteiger partial charge on any atom is -0.487 e. The van der Waals surface area contributed by atoms with E-state index in [0.29, 0.717) is 0 Å². The van der Waals surface area contributed by atoms with Gasteiger partial charge in [0.05, 0.1) is 0 Å². The van der Waals surface area contributed by atoms with Crippen LogP contribution in [-0.2, 0) is 0 Å². The molecule has 1 fully saturated rings. The summed E-state index contributed by atoms with van der Waals surface area (Å²) < 4.78 is 6.00. The number of piperidine rings is 1. The zero-order valence-corrected chi connectivity index (χ0v) is 11.6. The van der Waals surface area contributed by atoms with E-state index in [1.807, 2.05) is 24.3 Å². The van der Waals surface area contributed by atoms with Gasteiger partial charge in [0.15, 0.2) is 0 Å². The minimum absolute atomic E-state index is 0. The molecule has 2 rings (SSSR count). The molecule has 1 saturated heterocycles. The molecule has 1 heterocycles. The molecule has 98 valence electrons. The number of nitrogen functional groups attached to an aromatic ring is 1. The molecule has 3 N–H and O–H groups in total. The summed E-state index contributed by atoms with van der Waals surface area (Å²) >= 11 is 0. The lowest BCUT2D eigenvalue weighted by Crippen LogP contribution is -2.43. The highest BCUT2D eigenvalue weighted by molar-refractivity contribution is 5.85. The summed E-state index contributed by atoms with van der Waals surface area (Å²) in [6, 6.07) is 7.62. The Morgan fingerprint density at radius 3 is 2.18 bits per heavy atom. The zero-order valence-electron chi connectivity index (χ0n) is 9.94. The van der Waals surface area contributed by atoms with Crippen molar-refractivity contribution < 1.29 is 4.74 Å². The van der Waals surface area contributed by atoms with E-state index in [1.54, 1.807) is 0 Å². The molecule has 1 aromatic carbocycles. The number of hydrogen-bond acceptors (Lipinski definition) is 3. The van der Waals surface area contributed by atoms with Gasteiger partial charge in [0.1, 0.15) is 11.4 Å². The van der Waals surface area contributed by atoms with Gasteiger partial charge in [-0.25, -0.2) is 0 Å². The van der Waals surface area contributed by atoms with Crippen LogP contribution in [-0.4, -0.2) is 18.7 Å². The van der Waals surface area contributed by atoms with Crippen molar-refractivity contribution in [3.05, 3.63) is 24.3 Å². The normalized spacial score (nSPS) is 17.5. The molecule has 0 aromatic heterocycles.